The van der Waals surface area contributed by atoms with Gasteiger partial charge in [0.2, 0.25) is 0 Å². The number of halogens is 2. The summed E-state index contributed by atoms with van der Waals surface area (Å²) in [5.74, 6) is 0.752. The number of fused-ring (bicyclic) bond motifs is 1. The molecule has 33 heavy (non-hydrogen) atoms. The molecule has 0 amide bonds. The lowest BCUT2D eigenvalue weighted by molar-refractivity contribution is 0.193. The van der Waals surface area contributed by atoms with Crippen molar-refractivity contribution in [2.24, 2.45) is 5.41 Å². The molecule has 8 heteroatoms. The van der Waals surface area contributed by atoms with Crippen LogP contribution in [0.15, 0.2) is 24.5 Å². The summed E-state index contributed by atoms with van der Waals surface area (Å²) in [4.78, 5) is 20.7. The molecule has 0 aromatic carbocycles. The highest BCUT2D eigenvalue weighted by Crippen LogP contribution is 2.45. The number of aromatic nitrogens is 4. The lowest BCUT2D eigenvalue weighted by Gasteiger charge is -2.40. The Morgan fingerprint density at radius 1 is 1.09 bits per heavy atom. The van der Waals surface area contributed by atoms with E-state index in [1.54, 1.807) is 19.2 Å². The maximum Gasteiger partial charge on any atom is 0.153 e. The summed E-state index contributed by atoms with van der Waals surface area (Å²) in [6, 6.07) is 4.06. The predicted molar refractivity (Wildman–Crippen MR) is 131 cm³/mol. The first-order chi connectivity index (χ1) is 15.8. The summed E-state index contributed by atoms with van der Waals surface area (Å²) in [7, 11) is 0. The van der Waals surface area contributed by atoms with E-state index in [0.29, 0.717) is 22.0 Å². The first kappa shape index (κ1) is 22.5. The summed E-state index contributed by atoms with van der Waals surface area (Å²) < 4.78 is 0. The number of aliphatic hydroxyl groups is 1. The Kier molecular flexibility index (Phi) is 5.79. The van der Waals surface area contributed by atoms with E-state index in [9.17, 15) is 5.11 Å². The van der Waals surface area contributed by atoms with Crippen molar-refractivity contribution >= 4 is 29.0 Å². The average Bonchev–Trinajstić information content (AvgIpc) is 3.12. The van der Waals surface area contributed by atoms with Crippen molar-refractivity contribution in [1.29, 1.82) is 0 Å². The summed E-state index contributed by atoms with van der Waals surface area (Å²) in [5, 5.41) is 11.1. The molecule has 3 aromatic rings. The molecule has 1 fully saturated rings. The van der Waals surface area contributed by atoms with Crippen molar-refractivity contribution in [3.8, 4) is 11.3 Å². The Balaban J connectivity index is 1.42. The van der Waals surface area contributed by atoms with E-state index in [1.807, 2.05) is 13.1 Å². The maximum absolute atomic E-state index is 10.6. The van der Waals surface area contributed by atoms with Crippen molar-refractivity contribution in [3.63, 3.8) is 0 Å². The molecule has 2 aliphatic rings. The largest absolute Gasteiger partial charge is 0.387 e. The van der Waals surface area contributed by atoms with Crippen LogP contribution in [0.3, 0.4) is 0 Å². The number of hydrogen-bond donors (Lipinski definition) is 1. The van der Waals surface area contributed by atoms with E-state index in [4.69, 9.17) is 38.2 Å². The fourth-order valence-corrected chi connectivity index (χ4v) is 5.59. The molecule has 0 bridgehead atoms. The Bertz CT molecular complexity index is 1220. The van der Waals surface area contributed by atoms with Crippen LogP contribution in [-0.2, 0) is 12.8 Å². The van der Waals surface area contributed by atoms with E-state index < -0.39 is 6.10 Å². The van der Waals surface area contributed by atoms with Crippen LogP contribution in [0.2, 0.25) is 10.2 Å². The van der Waals surface area contributed by atoms with Gasteiger partial charge in [-0.3, -0.25) is 4.98 Å². The highest BCUT2D eigenvalue weighted by molar-refractivity contribution is 6.42. The SMILES string of the molecule is Cc1cnc2c(c1)CC1(CCN(c3nc(C)c(-c4ccnc(Cl)c4Cl)nc3C(C)O)CC1)C2. The van der Waals surface area contributed by atoms with Crippen molar-refractivity contribution < 1.29 is 5.11 Å². The second-order valence-electron chi connectivity index (χ2n) is 9.46. The van der Waals surface area contributed by atoms with Crippen molar-refractivity contribution in [2.75, 3.05) is 18.0 Å². The summed E-state index contributed by atoms with van der Waals surface area (Å²) in [6.07, 6.45) is 7.09. The first-order valence-corrected chi connectivity index (χ1v) is 12.1. The topological polar surface area (TPSA) is 75.0 Å². The highest BCUT2D eigenvalue weighted by atomic mass is 35.5. The highest BCUT2D eigenvalue weighted by Gasteiger charge is 2.41. The second-order valence-corrected chi connectivity index (χ2v) is 10.2. The van der Waals surface area contributed by atoms with Crippen LogP contribution in [-0.4, -0.2) is 38.1 Å². The quantitative estimate of drug-likeness (QED) is 0.509. The van der Waals surface area contributed by atoms with Crippen LogP contribution in [0.4, 0.5) is 5.82 Å². The van der Waals surface area contributed by atoms with Gasteiger partial charge in [0.05, 0.1) is 22.5 Å². The number of aryl methyl sites for hydroxylation is 2. The predicted octanol–water partition coefficient (Wildman–Crippen LogP) is 5.30. The van der Waals surface area contributed by atoms with Crippen LogP contribution in [0.5, 0.6) is 0 Å². The van der Waals surface area contributed by atoms with Crippen LogP contribution >= 0.6 is 23.2 Å². The minimum Gasteiger partial charge on any atom is -0.387 e. The summed E-state index contributed by atoms with van der Waals surface area (Å²) in [5.41, 5.74) is 6.74. The van der Waals surface area contributed by atoms with Crippen molar-refractivity contribution in [2.45, 2.75) is 52.6 Å². The van der Waals surface area contributed by atoms with Gasteiger partial charge in [0.15, 0.2) is 5.82 Å². The van der Waals surface area contributed by atoms with Crippen LogP contribution in [0, 0.1) is 19.3 Å². The van der Waals surface area contributed by atoms with Gasteiger partial charge in [0, 0.05) is 36.7 Å². The van der Waals surface area contributed by atoms with Crippen LogP contribution in [0.1, 0.15) is 54.1 Å². The Morgan fingerprint density at radius 2 is 1.85 bits per heavy atom. The number of hydrogen-bond acceptors (Lipinski definition) is 6. The maximum atomic E-state index is 10.6. The zero-order chi connectivity index (χ0) is 23.3. The molecule has 1 aliphatic carbocycles. The molecule has 1 saturated heterocycles. The fourth-order valence-electron chi connectivity index (χ4n) is 5.23. The molecule has 1 N–H and O–H groups in total. The van der Waals surface area contributed by atoms with Gasteiger partial charge in [-0.15, -0.1) is 0 Å². The number of nitrogens with zero attached hydrogens (tertiary/aromatic N) is 5. The third-order valence-corrected chi connectivity index (χ3v) is 7.77. The molecule has 1 spiro atoms. The molecule has 4 heterocycles. The summed E-state index contributed by atoms with van der Waals surface area (Å²) >= 11 is 12.5. The number of rotatable bonds is 3. The zero-order valence-electron chi connectivity index (χ0n) is 19.1. The molecule has 172 valence electrons. The first-order valence-electron chi connectivity index (χ1n) is 11.3. The average molecular weight is 484 g/mol. The molecular formula is C25H27Cl2N5O. The van der Waals surface area contributed by atoms with Crippen molar-refractivity contribution in [3.05, 3.63) is 62.9 Å². The molecule has 5 rings (SSSR count). The zero-order valence-corrected chi connectivity index (χ0v) is 20.6. The van der Waals surface area contributed by atoms with Gasteiger partial charge in [-0.25, -0.2) is 15.0 Å². The smallest absolute Gasteiger partial charge is 0.153 e. The second kappa shape index (κ2) is 8.49. The lowest BCUT2D eigenvalue weighted by atomic mass is 9.76. The third-order valence-electron chi connectivity index (χ3n) is 7.00. The fraction of sp³-hybridized carbons (Fsp3) is 0.440. The van der Waals surface area contributed by atoms with Gasteiger partial charge in [0.1, 0.15) is 10.8 Å². The van der Waals surface area contributed by atoms with Gasteiger partial charge in [-0.2, -0.15) is 0 Å². The Hall–Kier alpha value is -2.28. The van der Waals surface area contributed by atoms with E-state index in [2.05, 4.69) is 22.9 Å². The standard InChI is InChI=1S/C25H27Cl2N5O/c1-14-10-17-11-25(12-19(17)29-13-14)5-8-32(9-6-25)24-22(16(3)33)31-21(15(2)30-24)18-4-7-28-23(27)20(18)26/h4,7,10,13,16,33H,5-6,8-9,11-12H2,1-3H3. The summed E-state index contributed by atoms with van der Waals surface area (Å²) in [6.45, 7) is 7.50. The van der Waals surface area contributed by atoms with Crippen LogP contribution < -0.4 is 4.90 Å². The molecular weight excluding hydrogens is 457 g/mol. The van der Waals surface area contributed by atoms with E-state index >= 15 is 0 Å². The number of piperidine rings is 1. The Labute approximate surface area is 204 Å². The molecule has 1 atom stereocenters. The molecule has 3 aromatic heterocycles. The normalized spacial score (nSPS) is 17.9. The third kappa shape index (κ3) is 4.09. The van der Waals surface area contributed by atoms with Gasteiger partial charge < -0.3 is 10.0 Å². The monoisotopic (exact) mass is 483 g/mol. The lowest BCUT2D eigenvalue weighted by Crippen LogP contribution is -2.41. The van der Waals surface area contributed by atoms with E-state index in [1.165, 1.54) is 16.8 Å². The van der Waals surface area contributed by atoms with Crippen molar-refractivity contribution in [1.82, 2.24) is 19.9 Å². The Morgan fingerprint density at radius 3 is 2.58 bits per heavy atom. The number of anilines is 1. The van der Waals surface area contributed by atoms with Gasteiger partial charge in [-0.05, 0) is 69.1 Å². The minimum atomic E-state index is -0.762. The van der Waals surface area contributed by atoms with Gasteiger partial charge in [-0.1, -0.05) is 29.3 Å². The van der Waals surface area contributed by atoms with E-state index in [0.717, 1.165) is 50.3 Å². The molecule has 6 nitrogen and oxygen atoms in total. The molecule has 1 aliphatic heterocycles. The minimum absolute atomic E-state index is 0.224. The van der Waals surface area contributed by atoms with E-state index in [-0.39, 0.29) is 10.6 Å². The van der Waals surface area contributed by atoms with Gasteiger partial charge >= 0.3 is 0 Å². The van der Waals surface area contributed by atoms with Gasteiger partial charge in [0.25, 0.3) is 0 Å². The van der Waals surface area contributed by atoms with Crippen LogP contribution in [0.25, 0.3) is 11.3 Å². The molecule has 0 radical (unpaired) electrons. The number of aliphatic hydroxyl groups excluding tert-OH is 1. The molecule has 1 unspecified atom stereocenters. The molecule has 0 saturated carbocycles. The number of pyridine rings is 2.